The highest BCUT2D eigenvalue weighted by atomic mass is 32.2. The van der Waals surface area contributed by atoms with Crippen molar-refractivity contribution in [2.24, 2.45) is 7.05 Å². The molecule has 0 saturated heterocycles. The number of ether oxygens (including phenoxy) is 1. The number of methoxy groups -OCH3 is 1. The fraction of sp³-hybridized carbons (Fsp3) is 0.417. The van der Waals surface area contributed by atoms with E-state index in [-0.39, 0.29) is 0 Å². The molecular weight excluding hydrogens is 262 g/mol. The van der Waals surface area contributed by atoms with Gasteiger partial charge in [-0.2, -0.15) is 5.10 Å². The van der Waals surface area contributed by atoms with Crippen molar-refractivity contribution < 1.29 is 4.74 Å². The monoisotopic (exact) mass is 279 g/mol. The Balaban J connectivity index is 1.84. The lowest BCUT2D eigenvalue weighted by molar-refractivity contribution is 0.199. The van der Waals surface area contributed by atoms with E-state index in [9.17, 15) is 0 Å². The lowest BCUT2D eigenvalue weighted by atomic mass is 10.3. The summed E-state index contributed by atoms with van der Waals surface area (Å²) in [6.45, 7) is 2.28. The maximum absolute atomic E-state index is 4.96. The molecule has 2 aromatic rings. The lowest BCUT2D eigenvalue weighted by Crippen LogP contribution is -2.18. The number of rotatable bonds is 7. The molecule has 0 spiro atoms. The first-order chi connectivity index (χ1) is 9.28. The van der Waals surface area contributed by atoms with Crippen LogP contribution in [0.3, 0.4) is 0 Å². The number of nitrogens with one attached hydrogen (secondary N) is 1. The van der Waals surface area contributed by atoms with Crippen LogP contribution in [-0.2, 0) is 18.3 Å². The van der Waals surface area contributed by atoms with E-state index >= 15 is 0 Å². The molecule has 19 heavy (non-hydrogen) atoms. The van der Waals surface area contributed by atoms with E-state index in [2.05, 4.69) is 20.4 Å². The Bertz CT molecular complexity index is 499. The Hall–Kier alpha value is -1.44. The van der Waals surface area contributed by atoms with Crippen LogP contribution in [0.25, 0.3) is 0 Å². The molecule has 102 valence electrons. The molecule has 2 rings (SSSR count). The first-order valence-corrected chi connectivity index (χ1v) is 6.76. The molecular formula is C12H17N5OS. The van der Waals surface area contributed by atoms with E-state index in [4.69, 9.17) is 4.74 Å². The van der Waals surface area contributed by atoms with E-state index < -0.39 is 0 Å². The molecule has 0 atom stereocenters. The second-order valence-electron chi connectivity index (χ2n) is 4.00. The van der Waals surface area contributed by atoms with Gasteiger partial charge in [-0.15, -0.1) is 0 Å². The normalized spacial score (nSPS) is 10.8. The van der Waals surface area contributed by atoms with Gasteiger partial charge in [0.25, 0.3) is 0 Å². The molecule has 0 saturated carbocycles. The molecule has 0 unspecified atom stereocenters. The zero-order valence-corrected chi connectivity index (χ0v) is 11.9. The highest BCUT2D eigenvalue weighted by molar-refractivity contribution is 7.99. The third kappa shape index (κ3) is 4.62. The topological polar surface area (TPSA) is 64.9 Å². The summed E-state index contributed by atoms with van der Waals surface area (Å²) in [5, 5.41) is 8.09. The van der Waals surface area contributed by atoms with Gasteiger partial charge < -0.3 is 10.1 Å². The molecule has 6 nitrogen and oxygen atoms in total. The molecule has 2 aromatic heterocycles. The Kier molecular flexibility index (Phi) is 5.31. The van der Waals surface area contributed by atoms with Gasteiger partial charge in [-0.05, 0) is 11.8 Å². The van der Waals surface area contributed by atoms with Crippen molar-refractivity contribution in [3.8, 4) is 0 Å². The molecule has 0 aliphatic rings. The molecule has 7 heteroatoms. The molecule has 0 aliphatic carbocycles. The van der Waals surface area contributed by atoms with Crippen LogP contribution in [0, 0.1) is 0 Å². The lowest BCUT2D eigenvalue weighted by Gasteiger charge is -2.04. The summed E-state index contributed by atoms with van der Waals surface area (Å²) >= 11 is 1.50. The Labute approximate surface area is 116 Å². The van der Waals surface area contributed by atoms with Crippen molar-refractivity contribution in [1.82, 2.24) is 25.1 Å². The smallest absolute Gasteiger partial charge is 0.192 e. The summed E-state index contributed by atoms with van der Waals surface area (Å²) < 4.78 is 6.72. The third-order valence-electron chi connectivity index (χ3n) is 2.38. The number of hydrogen-bond acceptors (Lipinski definition) is 6. The average Bonchev–Trinajstić information content (AvgIpc) is 2.82. The van der Waals surface area contributed by atoms with Crippen LogP contribution in [0.2, 0.25) is 0 Å². The maximum atomic E-state index is 4.96. The van der Waals surface area contributed by atoms with Crippen LogP contribution in [0.1, 0.15) is 5.56 Å². The number of aromatic nitrogens is 4. The minimum Gasteiger partial charge on any atom is -0.383 e. The van der Waals surface area contributed by atoms with Crippen molar-refractivity contribution >= 4 is 11.8 Å². The Morgan fingerprint density at radius 2 is 2.11 bits per heavy atom. The molecule has 2 heterocycles. The quantitative estimate of drug-likeness (QED) is 0.605. The summed E-state index contributed by atoms with van der Waals surface area (Å²) in [5.41, 5.74) is 1.06. The van der Waals surface area contributed by atoms with Crippen molar-refractivity contribution in [2.75, 3.05) is 20.3 Å². The first-order valence-electron chi connectivity index (χ1n) is 5.95. The molecule has 0 aromatic carbocycles. The molecule has 0 fully saturated rings. The van der Waals surface area contributed by atoms with Gasteiger partial charge in [-0.3, -0.25) is 4.68 Å². The van der Waals surface area contributed by atoms with Crippen LogP contribution in [0.4, 0.5) is 0 Å². The van der Waals surface area contributed by atoms with Gasteiger partial charge in [0.05, 0.1) is 17.7 Å². The SMILES string of the molecule is COCCNCc1cnc(Sc2cnn(C)c2)nc1. The molecule has 0 aliphatic heterocycles. The van der Waals surface area contributed by atoms with Gasteiger partial charge in [-0.25, -0.2) is 9.97 Å². The minimum atomic E-state index is 0.704. The molecule has 0 bridgehead atoms. The molecule has 0 amide bonds. The molecule has 0 radical (unpaired) electrons. The van der Waals surface area contributed by atoms with Gasteiger partial charge >= 0.3 is 0 Å². The number of hydrogen-bond donors (Lipinski definition) is 1. The second-order valence-corrected chi connectivity index (χ2v) is 5.04. The first kappa shape index (κ1) is 14.0. The van der Waals surface area contributed by atoms with E-state index in [1.165, 1.54) is 11.8 Å². The van der Waals surface area contributed by atoms with Crippen LogP contribution < -0.4 is 5.32 Å². The number of nitrogens with zero attached hydrogens (tertiary/aromatic N) is 4. The highest BCUT2D eigenvalue weighted by Crippen LogP contribution is 2.22. The van der Waals surface area contributed by atoms with E-state index in [0.717, 1.165) is 28.7 Å². The average molecular weight is 279 g/mol. The number of aryl methyl sites for hydroxylation is 1. The van der Waals surface area contributed by atoms with Crippen LogP contribution >= 0.6 is 11.8 Å². The van der Waals surface area contributed by atoms with Crippen molar-refractivity contribution in [2.45, 2.75) is 16.6 Å². The van der Waals surface area contributed by atoms with Gasteiger partial charge in [0.1, 0.15) is 0 Å². The highest BCUT2D eigenvalue weighted by Gasteiger charge is 2.02. The Morgan fingerprint density at radius 1 is 1.32 bits per heavy atom. The zero-order chi connectivity index (χ0) is 13.5. The fourth-order valence-corrected chi connectivity index (χ4v) is 2.18. The predicted molar refractivity (Wildman–Crippen MR) is 72.9 cm³/mol. The maximum Gasteiger partial charge on any atom is 0.192 e. The van der Waals surface area contributed by atoms with E-state index in [0.29, 0.717) is 6.61 Å². The van der Waals surface area contributed by atoms with Crippen LogP contribution in [0.15, 0.2) is 34.8 Å². The van der Waals surface area contributed by atoms with Gasteiger partial charge in [0.15, 0.2) is 5.16 Å². The largest absolute Gasteiger partial charge is 0.383 e. The van der Waals surface area contributed by atoms with Gasteiger partial charge in [0, 0.05) is 51.4 Å². The third-order valence-corrected chi connectivity index (χ3v) is 3.22. The Morgan fingerprint density at radius 3 is 2.74 bits per heavy atom. The van der Waals surface area contributed by atoms with Crippen LogP contribution in [0.5, 0.6) is 0 Å². The summed E-state index contributed by atoms with van der Waals surface area (Å²) in [4.78, 5) is 9.69. The van der Waals surface area contributed by atoms with Crippen molar-refractivity contribution in [1.29, 1.82) is 0 Å². The van der Waals surface area contributed by atoms with E-state index in [1.807, 2.05) is 25.6 Å². The zero-order valence-electron chi connectivity index (χ0n) is 11.0. The van der Waals surface area contributed by atoms with Gasteiger partial charge in [0.2, 0.25) is 0 Å². The summed E-state index contributed by atoms with van der Waals surface area (Å²) in [5.74, 6) is 0. The predicted octanol–water partition coefficient (Wildman–Crippen LogP) is 1.10. The summed E-state index contributed by atoms with van der Waals surface area (Å²) in [6.07, 6.45) is 7.42. The fourth-order valence-electron chi connectivity index (χ4n) is 1.45. The second kappa shape index (κ2) is 7.22. The molecule has 1 N–H and O–H groups in total. The van der Waals surface area contributed by atoms with Crippen molar-refractivity contribution in [3.63, 3.8) is 0 Å². The van der Waals surface area contributed by atoms with Gasteiger partial charge in [-0.1, -0.05) is 0 Å². The minimum absolute atomic E-state index is 0.704. The van der Waals surface area contributed by atoms with E-state index in [1.54, 1.807) is 18.0 Å². The van der Waals surface area contributed by atoms with Crippen LogP contribution in [-0.4, -0.2) is 40.0 Å². The van der Waals surface area contributed by atoms with Crippen molar-refractivity contribution in [3.05, 3.63) is 30.4 Å². The summed E-state index contributed by atoms with van der Waals surface area (Å²) in [6, 6.07) is 0. The summed E-state index contributed by atoms with van der Waals surface area (Å²) in [7, 11) is 3.58. The standard InChI is InChI=1S/C12H17N5OS/c1-17-9-11(8-16-17)19-12-14-6-10(7-15-12)5-13-3-4-18-2/h6-9,13H,3-5H2,1-2H3.